The van der Waals surface area contributed by atoms with Crippen molar-refractivity contribution in [2.45, 2.75) is 6.92 Å². The molecule has 1 amide bonds. The van der Waals surface area contributed by atoms with Gasteiger partial charge in [-0.1, -0.05) is 48.2 Å². The van der Waals surface area contributed by atoms with Crippen LogP contribution in [0.25, 0.3) is 10.8 Å². The number of hydrogen-bond donors (Lipinski definition) is 0. The Morgan fingerprint density at radius 2 is 2.11 bits per heavy atom. The van der Waals surface area contributed by atoms with Crippen LogP contribution in [0, 0.1) is 6.92 Å². The lowest BCUT2D eigenvalue weighted by molar-refractivity contribution is 0.0832. The van der Waals surface area contributed by atoms with E-state index in [4.69, 9.17) is 16.6 Å². The SMILES string of the molecule is Cc1oc(C(=O)N2CCSC2=S)c2ccccc12. The molecule has 3 nitrogen and oxygen atoms in total. The third-order valence-corrected chi connectivity index (χ3v) is 4.43. The first-order valence-electron chi connectivity index (χ1n) is 5.65. The highest BCUT2D eigenvalue weighted by molar-refractivity contribution is 8.23. The van der Waals surface area contributed by atoms with Crippen molar-refractivity contribution in [2.75, 3.05) is 12.3 Å². The van der Waals surface area contributed by atoms with E-state index >= 15 is 0 Å². The van der Waals surface area contributed by atoms with Crippen LogP contribution in [0.2, 0.25) is 0 Å². The van der Waals surface area contributed by atoms with E-state index in [1.807, 2.05) is 31.2 Å². The number of thiocarbonyl (C=S) groups is 1. The molecular formula is C13H11NO2S2. The molecule has 2 heterocycles. The van der Waals surface area contributed by atoms with Crippen molar-refractivity contribution >= 4 is 45.0 Å². The molecule has 0 N–H and O–H groups in total. The second-order valence-corrected chi connectivity index (χ2v) is 5.83. The van der Waals surface area contributed by atoms with Gasteiger partial charge in [-0.15, -0.1) is 0 Å². The Bertz CT molecular complexity index is 647. The maximum absolute atomic E-state index is 12.4. The number of benzene rings is 1. The van der Waals surface area contributed by atoms with Crippen LogP contribution in [0.4, 0.5) is 0 Å². The molecule has 1 saturated heterocycles. The molecular weight excluding hydrogens is 266 g/mol. The van der Waals surface area contributed by atoms with Crippen LogP contribution in [0.3, 0.4) is 0 Å². The van der Waals surface area contributed by atoms with Crippen molar-refractivity contribution in [3.8, 4) is 0 Å². The van der Waals surface area contributed by atoms with E-state index in [-0.39, 0.29) is 5.91 Å². The molecule has 1 fully saturated rings. The number of carbonyl (C=O) groups is 1. The molecule has 1 aliphatic heterocycles. The number of thioether (sulfide) groups is 1. The highest BCUT2D eigenvalue weighted by Crippen LogP contribution is 2.28. The molecule has 0 spiro atoms. The highest BCUT2D eigenvalue weighted by atomic mass is 32.2. The van der Waals surface area contributed by atoms with Crippen LogP contribution >= 0.6 is 24.0 Å². The summed E-state index contributed by atoms with van der Waals surface area (Å²) in [4.78, 5) is 14.0. The van der Waals surface area contributed by atoms with Crippen LogP contribution < -0.4 is 0 Å². The van der Waals surface area contributed by atoms with Gasteiger partial charge in [0, 0.05) is 23.1 Å². The van der Waals surface area contributed by atoms with E-state index in [1.54, 1.807) is 4.90 Å². The van der Waals surface area contributed by atoms with E-state index < -0.39 is 0 Å². The van der Waals surface area contributed by atoms with E-state index in [1.165, 1.54) is 11.8 Å². The van der Waals surface area contributed by atoms with Crippen molar-refractivity contribution in [3.63, 3.8) is 0 Å². The predicted molar refractivity (Wildman–Crippen MR) is 77.0 cm³/mol. The molecule has 1 aromatic heterocycles. The first-order chi connectivity index (χ1) is 8.68. The number of hydrogen-bond acceptors (Lipinski definition) is 4. The Morgan fingerprint density at radius 3 is 2.78 bits per heavy atom. The summed E-state index contributed by atoms with van der Waals surface area (Å²) in [5.74, 6) is 1.90. The smallest absolute Gasteiger partial charge is 0.295 e. The molecule has 0 unspecified atom stereocenters. The summed E-state index contributed by atoms with van der Waals surface area (Å²) in [7, 11) is 0. The van der Waals surface area contributed by atoms with E-state index in [9.17, 15) is 4.79 Å². The average Bonchev–Trinajstić information content (AvgIpc) is 2.94. The normalized spacial score (nSPS) is 15.6. The molecule has 3 rings (SSSR count). The summed E-state index contributed by atoms with van der Waals surface area (Å²) in [6, 6.07) is 7.72. The van der Waals surface area contributed by atoms with Crippen LogP contribution in [0.5, 0.6) is 0 Å². The molecule has 0 radical (unpaired) electrons. The Morgan fingerprint density at radius 1 is 1.39 bits per heavy atom. The first kappa shape index (κ1) is 11.7. The quantitative estimate of drug-likeness (QED) is 0.749. The number of rotatable bonds is 1. The summed E-state index contributed by atoms with van der Waals surface area (Å²) >= 11 is 6.71. The molecule has 2 aromatic rings. The number of amides is 1. The van der Waals surface area contributed by atoms with E-state index in [2.05, 4.69) is 0 Å². The fraction of sp³-hybridized carbons (Fsp3) is 0.231. The Kier molecular flexibility index (Phi) is 2.87. The van der Waals surface area contributed by atoms with Crippen LogP contribution in [-0.4, -0.2) is 27.4 Å². The third-order valence-electron chi connectivity index (χ3n) is 3.01. The second kappa shape index (κ2) is 4.40. The van der Waals surface area contributed by atoms with E-state index in [0.29, 0.717) is 16.6 Å². The monoisotopic (exact) mass is 277 g/mol. The Balaban J connectivity index is 2.09. The van der Waals surface area contributed by atoms with Gasteiger partial charge in [0.2, 0.25) is 0 Å². The lowest BCUT2D eigenvalue weighted by atomic mass is 10.1. The second-order valence-electron chi connectivity index (χ2n) is 4.10. The molecule has 92 valence electrons. The standard InChI is InChI=1S/C13H11NO2S2/c1-8-9-4-2-3-5-10(9)11(16-8)12(15)14-6-7-18-13(14)17/h2-5H,6-7H2,1H3. The van der Waals surface area contributed by atoms with Crippen molar-refractivity contribution in [3.05, 3.63) is 35.8 Å². The minimum absolute atomic E-state index is 0.130. The molecule has 0 aliphatic carbocycles. The van der Waals surface area contributed by atoms with Gasteiger partial charge < -0.3 is 4.42 Å². The Hall–Kier alpha value is -1.33. The summed E-state index contributed by atoms with van der Waals surface area (Å²) in [6.07, 6.45) is 0. The summed E-state index contributed by atoms with van der Waals surface area (Å²) < 4.78 is 6.26. The topological polar surface area (TPSA) is 33.5 Å². The number of nitrogens with zero attached hydrogens (tertiary/aromatic N) is 1. The molecule has 5 heteroatoms. The molecule has 1 aromatic carbocycles. The number of fused-ring (bicyclic) bond motifs is 1. The fourth-order valence-electron chi connectivity index (χ4n) is 2.11. The zero-order valence-corrected chi connectivity index (χ0v) is 11.4. The summed E-state index contributed by atoms with van der Waals surface area (Å²) in [6.45, 7) is 2.53. The van der Waals surface area contributed by atoms with Crippen molar-refractivity contribution in [2.24, 2.45) is 0 Å². The van der Waals surface area contributed by atoms with Crippen molar-refractivity contribution < 1.29 is 9.21 Å². The van der Waals surface area contributed by atoms with Gasteiger partial charge in [-0.05, 0) is 6.92 Å². The molecule has 1 aliphatic rings. The first-order valence-corrected chi connectivity index (χ1v) is 7.04. The third kappa shape index (κ3) is 1.74. The maximum atomic E-state index is 12.4. The fourth-order valence-corrected chi connectivity index (χ4v) is 3.31. The van der Waals surface area contributed by atoms with Crippen molar-refractivity contribution in [1.82, 2.24) is 4.90 Å². The lowest BCUT2D eigenvalue weighted by Crippen LogP contribution is -2.30. The largest absolute Gasteiger partial charge is 0.455 e. The minimum atomic E-state index is -0.130. The van der Waals surface area contributed by atoms with Gasteiger partial charge in [0.05, 0.1) is 0 Å². The number of aryl methyl sites for hydroxylation is 1. The van der Waals surface area contributed by atoms with Crippen LogP contribution in [-0.2, 0) is 0 Å². The van der Waals surface area contributed by atoms with Gasteiger partial charge in [-0.2, -0.15) is 0 Å². The van der Waals surface area contributed by atoms with Crippen LogP contribution in [0.1, 0.15) is 16.3 Å². The van der Waals surface area contributed by atoms with Gasteiger partial charge in [-0.25, -0.2) is 0 Å². The maximum Gasteiger partial charge on any atom is 0.295 e. The zero-order chi connectivity index (χ0) is 12.7. The Labute approximate surface area is 114 Å². The molecule has 18 heavy (non-hydrogen) atoms. The minimum Gasteiger partial charge on any atom is -0.455 e. The summed E-state index contributed by atoms with van der Waals surface area (Å²) in [5, 5.41) is 1.85. The van der Waals surface area contributed by atoms with Gasteiger partial charge in [0.15, 0.2) is 5.76 Å². The highest BCUT2D eigenvalue weighted by Gasteiger charge is 2.29. The van der Waals surface area contributed by atoms with Gasteiger partial charge >= 0.3 is 0 Å². The van der Waals surface area contributed by atoms with Gasteiger partial charge in [0.25, 0.3) is 5.91 Å². The van der Waals surface area contributed by atoms with Gasteiger partial charge in [-0.3, -0.25) is 9.69 Å². The van der Waals surface area contributed by atoms with E-state index in [0.717, 1.165) is 22.3 Å². The number of carbonyl (C=O) groups excluding carboxylic acids is 1. The van der Waals surface area contributed by atoms with Gasteiger partial charge in [0.1, 0.15) is 10.1 Å². The number of furan rings is 1. The lowest BCUT2D eigenvalue weighted by Gasteiger charge is -2.12. The zero-order valence-electron chi connectivity index (χ0n) is 9.80. The summed E-state index contributed by atoms with van der Waals surface area (Å²) in [5.41, 5.74) is 0. The molecule has 0 atom stereocenters. The molecule has 0 bridgehead atoms. The predicted octanol–water partition coefficient (Wildman–Crippen LogP) is 3.22. The van der Waals surface area contributed by atoms with Crippen LogP contribution in [0.15, 0.2) is 28.7 Å². The molecule has 0 saturated carbocycles. The average molecular weight is 277 g/mol. The van der Waals surface area contributed by atoms with Crippen molar-refractivity contribution in [1.29, 1.82) is 0 Å².